The van der Waals surface area contributed by atoms with Crippen molar-refractivity contribution < 1.29 is 13.6 Å². The average molecular weight is 450 g/mol. The van der Waals surface area contributed by atoms with Crippen molar-refractivity contribution in [3.8, 4) is 5.69 Å². The second kappa shape index (κ2) is 8.13. The number of nitrogens with zero attached hydrogens (tertiary/aromatic N) is 2. The van der Waals surface area contributed by atoms with Crippen LogP contribution >= 0.6 is 11.6 Å². The van der Waals surface area contributed by atoms with Crippen molar-refractivity contribution in [1.82, 2.24) is 9.47 Å². The SMILES string of the molecule is O=C(Nc1cc(F)ccc1F)N1Cc2ccccc2-n2cccc2[C@H]1c1ccccc1Cl. The van der Waals surface area contributed by atoms with Gasteiger partial charge in [0.25, 0.3) is 0 Å². The van der Waals surface area contributed by atoms with E-state index in [-0.39, 0.29) is 12.2 Å². The number of urea groups is 1. The van der Waals surface area contributed by atoms with Crippen LogP contribution in [-0.2, 0) is 6.54 Å². The topological polar surface area (TPSA) is 37.3 Å². The smallest absolute Gasteiger partial charge is 0.318 e. The monoisotopic (exact) mass is 449 g/mol. The van der Waals surface area contributed by atoms with Crippen molar-refractivity contribution in [3.05, 3.63) is 119 Å². The standard InChI is InChI=1S/C25H18ClF2N3O/c26-19-8-3-2-7-18(19)24-23-10-5-13-30(23)22-9-4-1-6-16(22)15-31(24)25(32)29-21-14-17(27)11-12-20(21)28/h1-14,24H,15H2,(H,29,32)/t24-/m1/s1. The Morgan fingerprint density at radius 1 is 0.969 bits per heavy atom. The second-order valence-electron chi connectivity index (χ2n) is 7.54. The lowest BCUT2D eigenvalue weighted by Gasteiger charge is -2.31. The molecule has 3 aromatic carbocycles. The molecule has 1 aliphatic heterocycles. The fraction of sp³-hybridized carbons (Fsp3) is 0.0800. The third-order valence-corrected chi connectivity index (χ3v) is 5.94. The van der Waals surface area contributed by atoms with Crippen molar-refractivity contribution in [2.45, 2.75) is 12.6 Å². The first-order valence-electron chi connectivity index (χ1n) is 10.1. The zero-order valence-electron chi connectivity index (χ0n) is 16.8. The predicted molar refractivity (Wildman–Crippen MR) is 120 cm³/mol. The lowest BCUT2D eigenvalue weighted by atomic mass is 10.0. The molecule has 32 heavy (non-hydrogen) atoms. The summed E-state index contributed by atoms with van der Waals surface area (Å²) in [5, 5.41) is 3.05. The van der Waals surface area contributed by atoms with Crippen molar-refractivity contribution in [3.63, 3.8) is 0 Å². The summed E-state index contributed by atoms with van der Waals surface area (Å²) in [6, 6.07) is 20.7. The maximum Gasteiger partial charge on any atom is 0.323 e. The number of hydrogen-bond donors (Lipinski definition) is 1. The Hall–Kier alpha value is -3.64. The summed E-state index contributed by atoms with van der Waals surface area (Å²) >= 11 is 6.55. The Bertz CT molecular complexity index is 1320. The number of carbonyl (C=O) groups is 1. The van der Waals surface area contributed by atoms with Crippen molar-refractivity contribution in [1.29, 1.82) is 0 Å². The molecule has 0 unspecified atom stereocenters. The van der Waals surface area contributed by atoms with Crippen LogP contribution in [0.15, 0.2) is 85.1 Å². The zero-order chi connectivity index (χ0) is 22.2. The van der Waals surface area contributed by atoms with Crippen molar-refractivity contribution in [2.24, 2.45) is 0 Å². The number of halogens is 3. The fourth-order valence-electron chi connectivity index (χ4n) is 4.14. The van der Waals surface area contributed by atoms with Crippen LogP contribution in [0.2, 0.25) is 5.02 Å². The van der Waals surface area contributed by atoms with E-state index in [9.17, 15) is 13.6 Å². The number of carbonyl (C=O) groups excluding carboxylic acids is 1. The molecule has 0 bridgehead atoms. The number of aromatic nitrogens is 1. The van der Waals surface area contributed by atoms with E-state index in [0.29, 0.717) is 5.02 Å². The van der Waals surface area contributed by atoms with Gasteiger partial charge in [-0.05, 0) is 47.5 Å². The number of amides is 2. The molecule has 0 saturated carbocycles. The van der Waals surface area contributed by atoms with Gasteiger partial charge >= 0.3 is 6.03 Å². The van der Waals surface area contributed by atoms with Crippen LogP contribution in [0.25, 0.3) is 5.69 Å². The lowest BCUT2D eigenvalue weighted by molar-refractivity contribution is 0.194. The summed E-state index contributed by atoms with van der Waals surface area (Å²) in [4.78, 5) is 15.1. The molecular weight excluding hydrogens is 432 g/mol. The lowest BCUT2D eigenvalue weighted by Crippen LogP contribution is -2.38. The van der Waals surface area contributed by atoms with Crippen LogP contribution in [0.3, 0.4) is 0 Å². The van der Waals surface area contributed by atoms with E-state index in [2.05, 4.69) is 5.32 Å². The minimum atomic E-state index is -0.715. The highest BCUT2D eigenvalue weighted by molar-refractivity contribution is 6.31. The molecule has 1 aliphatic rings. The number of anilines is 1. The molecule has 0 saturated heterocycles. The molecule has 0 radical (unpaired) electrons. The summed E-state index contributed by atoms with van der Waals surface area (Å²) in [5.74, 6) is -1.35. The van der Waals surface area contributed by atoms with E-state index >= 15 is 0 Å². The Balaban J connectivity index is 1.66. The van der Waals surface area contributed by atoms with Gasteiger partial charge in [0.2, 0.25) is 0 Å². The molecule has 4 aromatic rings. The predicted octanol–water partition coefficient (Wildman–Crippen LogP) is 6.55. The molecule has 1 atom stereocenters. The van der Waals surface area contributed by atoms with Gasteiger partial charge in [-0.25, -0.2) is 13.6 Å². The zero-order valence-corrected chi connectivity index (χ0v) is 17.6. The Kier molecular flexibility index (Phi) is 5.15. The van der Waals surface area contributed by atoms with Crippen molar-refractivity contribution in [2.75, 3.05) is 5.32 Å². The largest absolute Gasteiger partial charge is 0.323 e. The number of rotatable bonds is 2. The molecule has 1 N–H and O–H groups in total. The molecule has 160 valence electrons. The third kappa shape index (κ3) is 3.52. The average Bonchev–Trinajstić information content (AvgIpc) is 3.21. The first-order valence-corrected chi connectivity index (χ1v) is 10.4. The normalized spacial score (nSPS) is 15.0. The highest BCUT2D eigenvalue weighted by Gasteiger charge is 2.34. The van der Waals surface area contributed by atoms with Gasteiger partial charge in [0.15, 0.2) is 0 Å². The van der Waals surface area contributed by atoms with Crippen LogP contribution in [0, 0.1) is 11.6 Å². The molecule has 0 fully saturated rings. The second-order valence-corrected chi connectivity index (χ2v) is 7.95. The summed E-state index contributed by atoms with van der Waals surface area (Å²) in [6.45, 7) is 0.247. The minimum Gasteiger partial charge on any atom is -0.318 e. The summed E-state index contributed by atoms with van der Waals surface area (Å²) < 4.78 is 30.0. The number of fused-ring (bicyclic) bond motifs is 3. The summed E-state index contributed by atoms with van der Waals surface area (Å²) in [5.41, 5.74) is 3.20. The maximum absolute atomic E-state index is 14.3. The molecule has 5 rings (SSSR count). The number of nitrogens with one attached hydrogen (secondary N) is 1. The Labute approximate surface area is 188 Å². The summed E-state index contributed by atoms with van der Waals surface area (Å²) in [7, 11) is 0. The fourth-order valence-corrected chi connectivity index (χ4v) is 4.38. The van der Waals surface area contributed by atoms with Crippen LogP contribution in [0.4, 0.5) is 19.3 Å². The van der Waals surface area contributed by atoms with E-state index in [1.807, 2.05) is 65.4 Å². The van der Waals surface area contributed by atoms with Crippen molar-refractivity contribution >= 4 is 23.3 Å². The van der Waals surface area contributed by atoms with E-state index in [1.54, 1.807) is 11.0 Å². The first kappa shape index (κ1) is 20.3. The van der Waals surface area contributed by atoms with Gasteiger partial charge in [0.05, 0.1) is 23.6 Å². The molecule has 1 aromatic heterocycles. The molecule has 4 nitrogen and oxygen atoms in total. The van der Waals surface area contributed by atoms with Crippen LogP contribution in [0.5, 0.6) is 0 Å². The molecule has 2 heterocycles. The van der Waals surface area contributed by atoms with Gasteiger partial charge < -0.3 is 14.8 Å². The van der Waals surface area contributed by atoms with Gasteiger partial charge in [-0.1, -0.05) is 48.0 Å². The molecule has 0 aliphatic carbocycles. The highest BCUT2D eigenvalue weighted by Crippen LogP contribution is 2.39. The van der Waals surface area contributed by atoms with E-state index in [4.69, 9.17) is 11.6 Å². The Morgan fingerprint density at radius 3 is 2.59 bits per heavy atom. The van der Waals surface area contributed by atoms with Gasteiger partial charge in [-0.2, -0.15) is 0 Å². The van der Waals surface area contributed by atoms with E-state index < -0.39 is 23.7 Å². The van der Waals surface area contributed by atoms with E-state index in [0.717, 1.165) is 40.7 Å². The van der Waals surface area contributed by atoms with E-state index in [1.165, 1.54) is 0 Å². The van der Waals surface area contributed by atoms with Gasteiger partial charge in [-0.3, -0.25) is 0 Å². The molecular formula is C25H18ClF2N3O. The highest BCUT2D eigenvalue weighted by atomic mass is 35.5. The minimum absolute atomic E-state index is 0.221. The molecule has 0 spiro atoms. The van der Waals surface area contributed by atoms with Crippen LogP contribution in [-0.4, -0.2) is 15.5 Å². The number of para-hydroxylation sites is 1. The maximum atomic E-state index is 14.3. The first-order chi connectivity index (χ1) is 15.5. The van der Waals surface area contributed by atoms with Crippen LogP contribution < -0.4 is 5.32 Å². The Morgan fingerprint density at radius 2 is 1.75 bits per heavy atom. The quantitative estimate of drug-likeness (QED) is 0.370. The molecule has 2 amide bonds. The summed E-state index contributed by atoms with van der Waals surface area (Å²) in [6.07, 6.45) is 1.94. The van der Waals surface area contributed by atoms with Gasteiger partial charge in [0, 0.05) is 17.3 Å². The third-order valence-electron chi connectivity index (χ3n) is 5.59. The van der Waals surface area contributed by atoms with Crippen LogP contribution in [0.1, 0.15) is 22.9 Å². The molecule has 7 heteroatoms. The van der Waals surface area contributed by atoms with Gasteiger partial charge in [-0.15, -0.1) is 0 Å². The number of hydrogen-bond acceptors (Lipinski definition) is 1. The van der Waals surface area contributed by atoms with Gasteiger partial charge in [0.1, 0.15) is 17.7 Å². The number of benzene rings is 3.